The number of unbranched alkanes of at least 4 members (excludes halogenated alkanes) is 1. The van der Waals surface area contributed by atoms with Crippen molar-refractivity contribution in [3.05, 3.63) is 60.2 Å². The molecule has 5 N–H and O–H groups in total. The van der Waals surface area contributed by atoms with Crippen molar-refractivity contribution < 1.29 is 14.3 Å². The van der Waals surface area contributed by atoms with Gasteiger partial charge in [-0.25, -0.2) is 4.79 Å². The van der Waals surface area contributed by atoms with Crippen molar-refractivity contribution in [2.24, 2.45) is 11.5 Å². The van der Waals surface area contributed by atoms with E-state index in [0.29, 0.717) is 19.4 Å². The third-order valence-electron chi connectivity index (χ3n) is 7.64. The number of rotatable bonds is 9. The van der Waals surface area contributed by atoms with Gasteiger partial charge in [0, 0.05) is 6.42 Å². The highest BCUT2D eigenvalue weighted by atomic mass is 16.5. The highest BCUT2D eigenvalue weighted by Crippen LogP contribution is 2.48. The maximum atomic E-state index is 12.8. The molecule has 0 heterocycles. The minimum Gasteiger partial charge on any atom is -0.467 e. The summed E-state index contributed by atoms with van der Waals surface area (Å²) >= 11 is 0. The molecular weight excluding hydrogens is 450 g/mol. The molecule has 182 valence electrons. The fourth-order valence-corrected chi connectivity index (χ4v) is 5.89. The third-order valence-corrected chi connectivity index (χ3v) is 7.64. The molecule has 1 amide bonds. The van der Waals surface area contributed by atoms with E-state index in [4.69, 9.17) is 16.2 Å². The zero-order chi connectivity index (χ0) is 25.0. The molecule has 0 aromatic heterocycles. The maximum Gasteiger partial charge on any atom is 0.328 e. The van der Waals surface area contributed by atoms with E-state index < -0.39 is 18.1 Å². The van der Waals surface area contributed by atoms with Crippen molar-refractivity contribution in [3.63, 3.8) is 0 Å². The molecule has 6 nitrogen and oxygen atoms in total. The van der Waals surface area contributed by atoms with E-state index in [2.05, 4.69) is 59.9 Å². The molecule has 0 saturated heterocycles. The molecule has 0 aliphatic rings. The molecule has 0 unspecified atom stereocenters. The molecule has 6 aromatic carbocycles. The Hall–Kier alpha value is -3.74. The quantitative estimate of drug-likeness (QED) is 0.162. The Kier molecular flexibility index (Phi) is 5.51. The first-order chi connectivity index (χ1) is 17.5. The van der Waals surface area contributed by atoms with Crippen LogP contribution >= 0.6 is 0 Å². The number of ether oxygens (including phenoxy) is 1. The summed E-state index contributed by atoms with van der Waals surface area (Å²) in [6.45, 7) is 0.561. The van der Waals surface area contributed by atoms with Crippen LogP contribution in [0, 0.1) is 0 Å². The highest BCUT2D eigenvalue weighted by molar-refractivity contribution is 6.44. The van der Waals surface area contributed by atoms with Crippen LogP contribution in [-0.2, 0) is 20.7 Å². The first kappa shape index (κ1) is 22.7. The Morgan fingerprint density at radius 3 is 2.00 bits per heavy atom. The van der Waals surface area contributed by atoms with E-state index in [1.807, 2.05) is 0 Å². The van der Waals surface area contributed by atoms with Gasteiger partial charge in [0.15, 0.2) is 0 Å². The first-order valence-corrected chi connectivity index (χ1v) is 12.5. The molecule has 0 fully saturated rings. The van der Waals surface area contributed by atoms with Crippen LogP contribution in [-0.4, -0.2) is 37.6 Å². The van der Waals surface area contributed by atoms with Gasteiger partial charge in [0.25, 0.3) is 0 Å². The topological polar surface area (TPSA) is 107 Å². The van der Waals surface area contributed by atoms with Gasteiger partial charge in [-0.3, -0.25) is 4.79 Å². The van der Waals surface area contributed by atoms with Crippen molar-refractivity contribution in [2.45, 2.75) is 37.8 Å². The van der Waals surface area contributed by atoms with Gasteiger partial charge in [0.05, 0.1) is 13.2 Å². The molecule has 6 rings (SSSR count). The molecule has 0 spiro atoms. The summed E-state index contributed by atoms with van der Waals surface area (Å²) in [6, 6.07) is 18.0. The van der Waals surface area contributed by atoms with E-state index >= 15 is 0 Å². The third kappa shape index (κ3) is 3.40. The Bertz CT molecular complexity index is 1670. The second-order valence-electron chi connectivity index (χ2n) is 9.79. The largest absolute Gasteiger partial charge is 0.467 e. The van der Waals surface area contributed by atoms with Crippen molar-refractivity contribution in [2.75, 3.05) is 13.7 Å². The Morgan fingerprint density at radius 2 is 1.39 bits per heavy atom. The van der Waals surface area contributed by atoms with Gasteiger partial charge < -0.3 is 21.5 Å². The van der Waals surface area contributed by atoms with E-state index in [1.165, 1.54) is 50.2 Å². The molecular formula is C30H29N3O3. The van der Waals surface area contributed by atoms with Gasteiger partial charge in [-0.1, -0.05) is 61.0 Å². The lowest BCUT2D eigenvalue weighted by Crippen LogP contribution is -2.49. The van der Waals surface area contributed by atoms with Gasteiger partial charge in [0.1, 0.15) is 6.04 Å². The number of nitrogens with two attached hydrogens (primary N) is 2. The van der Waals surface area contributed by atoms with E-state index in [0.717, 1.165) is 29.2 Å². The standard InChI is InChI=1S/C30H29N3O3/c1-36-30(35)23(33-29(34)22(32)4-2-3-13-31)15-20-14-19-10-9-17-6-5-16-7-8-18-11-12-21(20)28-26(18)24(16)25(17)27(19)28/h5-12,14,22-23H,2-4,13,15,31-32H2,1H3,(H,33,34)/t22-,23-/m0/s1. The zero-order valence-electron chi connectivity index (χ0n) is 20.3. The second kappa shape index (κ2) is 8.73. The number of methoxy groups -OCH3 is 1. The number of hydrogen-bond acceptors (Lipinski definition) is 5. The van der Waals surface area contributed by atoms with Crippen molar-refractivity contribution in [3.8, 4) is 0 Å². The zero-order valence-corrected chi connectivity index (χ0v) is 20.3. The number of benzene rings is 5. The van der Waals surface area contributed by atoms with Gasteiger partial charge >= 0.3 is 5.97 Å². The number of carbonyl (C=O) groups excluding carboxylic acids is 2. The van der Waals surface area contributed by atoms with Crippen molar-refractivity contribution in [1.82, 2.24) is 5.32 Å². The number of esters is 1. The van der Waals surface area contributed by atoms with Crippen LogP contribution in [0.4, 0.5) is 0 Å². The molecule has 0 radical (unpaired) electrons. The predicted molar refractivity (Wildman–Crippen MR) is 146 cm³/mol. The fraction of sp³-hybridized carbons (Fsp3) is 0.267. The summed E-state index contributed by atoms with van der Waals surface area (Å²) in [5.74, 6) is -0.833. The van der Waals surface area contributed by atoms with Crippen LogP contribution < -0.4 is 16.8 Å². The summed E-state index contributed by atoms with van der Waals surface area (Å²) < 4.78 is 5.06. The molecule has 6 heteroatoms. The van der Waals surface area contributed by atoms with Crippen LogP contribution in [0.5, 0.6) is 0 Å². The smallest absolute Gasteiger partial charge is 0.328 e. The lowest BCUT2D eigenvalue weighted by molar-refractivity contribution is -0.145. The summed E-state index contributed by atoms with van der Waals surface area (Å²) in [4.78, 5) is 25.6. The molecule has 2 atom stereocenters. The van der Waals surface area contributed by atoms with E-state index in [-0.39, 0.29) is 5.91 Å². The summed E-state index contributed by atoms with van der Waals surface area (Å²) in [5, 5.41) is 15.1. The van der Waals surface area contributed by atoms with Crippen LogP contribution in [0.25, 0.3) is 53.9 Å². The lowest BCUT2D eigenvalue weighted by Gasteiger charge is -2.20. The number of carbonyl (C=O) groups is 2. The van der Waals surface area contributed by atoms with E-state index in [1.54, 1.807) is 0 Å². The SMILES string of the molecule is COC(=O)[C@H](Cc1cc2ccc3ccc4ccc5ccc1c1c5c4c3c21)NC(=O)[C@@H](N)CCCCN. The Morgan fingerprint density at radius 1 is 0.833 bits per heavy atom. The summed E-state index contributed by atoms with van der Waals surface area (Å²) in [7, 11) is 1.34. The molecule has 6 aromatic rings. The average molecular weight is 480 g/mol. The molecule has 0 saturated carbocycles. The normalized spacial score (nSPS) is 14.0. The first-order valence-electron chi connectivity index (χ1n) is 12.5. The van der Waals surface area contributed by atoms with Gasteiger partial charge in [-0.15, -0.1) is 0 Å². The number of amides is 1. The maximum absolute atomic E-state index is 12.8. The molecule has 0 aliphatic carbocycles. The molecule has 0 aliphatic heterocycles. The van der Waals surface area contributed by atoms with Crippen LogP contribution in [0.1, 0.15) is 24.8 Å². The van der Waals surface area contributed by atoms with Crippen molar-refractivity contribution in [1.29, 1.82) is 0 Å². The number of hydrogen-bond donors (Lipinski definition) is 3. The number of nitrogens with one attached hydrogen (secondary N) is 1. The van der Waals surface area contributed by atoms with Crippen LogP contribution in [0.2, 0.25) is 0 Å². The summed E-state index contributed by atoms with van der Waals surface area (Å²) in [6.07, 6.45) is 2.41. The van der Waals surface area contributed by atoms with Crippen molar-refractivity contribution >= 4 is 65.7 Å². The predicted octanol–water partition coefficient (Wildman–Crippen LogP) is 4.42. The van der Waals surface area contributed by atoms with Crippen LogP contribution in [0.15, 0.2) is 54.6 Å². The molecule has 0 bridgehead atoms. The molecule has 36 heavy (non-hydrogen) atoms. The minimum atomic E-state index is -0.831. The minimum absolute atomic E-state index is 0.316. The average Bonchev–Trinajstić information content (AvgIpc) is 3.27. The van der Waals surface area contributed by atoms with Gasteiger partial charge in [-0.05, 0) is 78.8 Å². The summed E-state index contributed by atoms with van der Waals surface area (Å²) in [5.41, 5.74) is 12.6. The lowest BCUT2D eigenvalue weighted by atomic mass is 9.92. The highest BCUT2D eigenvalue weighted by Gasteiger charge is 2.27. The second-order valence-corrected chi connectivity index (χ2v) is 9.79. The Labute approximate surface area is 208 Å². The monoisotopic (exact) mass is 479 g/mol. The van der Waals surface area contributed by atoms with Gasteiger partial charge in [-0.2, -0.15) is 0 Å². The van der Waals surface area contributed by atoms with Gasteiger partial charge in [0.2, 0.25) is 5.91 Å². The van der Waals surface area contributed by atoms with E-state index in [9.17, 15) is 9.59 Å². The van der Waals surface area contributed by atoms with Crippen LogP contribution in [0.3, 0.4) is 0 Å². The Balaban J connectivity index is 1.45. The fourth-order valence-electron chi connectivity index (χ4n) is 5.89.